The average Bonchev–Trinajstić information content (AvgIpc) is 2.68. The maximum absolute atomic E-state index is 3.67. The Bertz CT molecular complexity index is 436. The molecule has 0 radical (unpaired) electrons. The van der Waals surface area contributed by atoms with Gasteiger partial charge in [-0.1, -0.05) is 18.2 Å². The minimum absolute atomic E-state index is 0.649. The number of nitrogens with one attached hydrogen (secondary N) is 1. The van der Waals surface area contributed by atoms with Gasteiger partial charge in [-0.25, -0.2) is 0 Å². The summed E-state index contributed by atoms with van der Waals surface area (Å²) in [5.41, 5.74) is 2.51. The van der Waals surface area contributed by atoms with Crippen LogP contribution in [0.4, 0.5) is 11.4 Å². The summed E-state index contributed by atoms with van der Waals surface area (Å²) in [6.45, 7) is 0. The molecule has 3 rings (SSSR count). The van der Waals surface area contributed by atoms with E-state index in [2.05, 4.69) is 60.7 Å². The molecule has 0 spiro atoms. The van der Waals surface area contributed by atoms with Crippen molar-refractivity contribution in [3.05, 3.63) is 36.4 Å². The lowest BCUT2D eigenvalue weighted by Gasteiger charge is -2.41. The number of fused-ring (bicyclic) bond motifs is 1. The summed E-state index contributed by atoms with van der Waals surface area (Å²) in [7, 11) is 4.16. The highest BCUT2D eigenvalue weighted by molar-refractivity contribution is 5.58. The zero-order chi connectivity index (χ0) is 11.8. The first-order valence-electron chi connectivity index (χ1n) is 6.44. The van der Waals surface area contributed by atoms with Gasteiger partial charge in [-0.05, 0) is 37.0 Å². The molecular formula is C15H20N2. The minimum atomic E-state index is 0.649. The molecule has 0 heterocycles. The monoisotopic (exact) mass is 228 g/mol. The third-order valence-corrected chi connectivity index (χ3v) is 4.08. The van der Waals surface area contributed by atoms with Crippen molar-refractivity contribution in [2.75, 3.05) is 24.3 Å². The summed E-state index contributed by atoms with van der Waals surface area (Å²) < 4.78 is 0. The second-order valence-corrected chi connectivity index (χ2v) is 5.43. The highest BCUT2D eigenvalue weighted by atomic mass is 15.1. The lowest BCUT2D eigenvalue weighted by molar-refractivity contribution is 0.218. The zero-order valence-corrected chi connectivity index (χ0v) is 10.6. The average molecular weight is 228 g/mol. The van der Waals surface area contributed by atoms with Crippen molar-refractivity contribution in [2.24, 2.45) is 11.8 Å². The van der Waals surface area contributed by atoms with Crippen molar-refractivity contribution in [1.29, 1.82) is 0 Å². The molecule has 0 bridgehead atoms. The van der Waals surface area contributed by atoms with Crippen LogP contribution in [0.15, 0.2) is 36.4 Å². The Morgan fingerprint density at radius 2 is 2.18 bits per heavy atom. The third kappa shape index (κ3) is 1.92. The summed E-state index contributed by atoms with van der Waals surface area (Å²) in [5.74, 6) is 1.70. The molecule has 2 heteroatoms. The van der Waals surface area contributed by atoms with Gasteiger partial charge in [0.25, 0.3) is 0 Å². The topological polar surface area (TPSA) is 15.3 Å². The van der Waals surface area contributed by atoms with Crippen LogP contribution in [-0.2, 0) is 0 Å². The number of benzene rings is 1. The number of rotatable bonds is 3. The van der Waals surface area contributed by atoms with E-state index in [1.54, 1.807) is 0 Å². The normalized spacial score (nSPS) is 29.6. The molecule has 3 atom stereocenters. The second kappa shape index (κ2) is 4.10. The van der Waals surface area contributed by atoms with Crippen LogP contribution in [0.5, 0.6) is 0 Å². The van der Waals surface area contributed by atoms with Gasteiger partial charge in [-0.3, -0.25) is 0 Å². The summed E-state index contributed by atoms with van der Waals surface area (Å²) in [4.78, 5) is 2.14. The van der Waals surface area contributed by atoms with Gasteiger partial charge in [0, 0.05) is 37.4 Å². The number of allylic oxidation sites excluding steroid dienone is 1. The Labute approximate surface area is 103 Å². The predicted molar refractivity (Wildman–Crippen MR) is 73.5 cm³/mol. The smallest absolute Gasteiger partial charge is 0.0381 e. The first kappa shape index (κ1) is 10.7. The van der Waals surface area contributed by atoms with Crippen molar-refractivity contribution >= 4 is 11.4 Å². The standard InChI is InChI=1S/C15H20N2/c1-17(2)13-7-4-6-12(10-13)16-15-9-11-5-3-8-14(11)15/h3-4,6-8,10-11,14-16H,5,9H2,1-2H3. The molecule has 2 aliphatic carbocycles. The molecule has 0 aromatic heterocycles. The molecule has 2 aliphatic rings. The van der Waals surface area contributed by atoms with Crippen LogP contribution < -0.4 is 10.2 Å². The minimum Gasteiger partial charge on any atom is -0.382 e. The van der Waals surface area contributed by atoms with E-state index in [9.17, 15) is 0 Å². The third-order valence-electron chi connectivity index (χ3n) is 4.08. The van der Waals surface area contributed by atoms with E-state index in [0.717, 1.165) is 11.8 Å². The van der Waals surface area contributed by atoms with Gasteiger partial charge < -0.3 is 10.2 Å². The number of hydrogen-bond donors (Lipinski definition) is 1. The fourth-order valence-electron chi connectivity index (χ4n) is 2.97. The van der Waals surface area contributed by atoms with E-state index in [-0.39, 0.29) is 0 Å². The summed E-state index contributed by atoms with van der Waals surface area (Å²) >= 11 is 0. The molecule has 0 saturated heterocycles. The largest absolute Gasteiger partial charge is 0.382 e. The Morgan fingerprint density at radius 1 is 1.29 bits per heavy atom. The molecule has 1 aromatic rings. The van der Waals surface area contributed by atoms with E-state index >= 15 is 0 Å². The first-order valence-corrected chi connectivity index (χ1v) is 6.44. The van der Waals surface area contributed by atoms with Crippen LogP contribution in [0.1, 0.15) is 12.8 Å². The number of anilines is 2. The van der Waals surface area contributed by atoms with Crippen LogP contribution in [0, 0.1) is 11.8 Å². The molecule has 2 nitrogen and oxygen atoms in total. The Morgan fingerprint density at radius 3 is 2.94 bits per heavy atom. The number of hydrogen-bond acceptors (Lipinski definition) is 2. The SMILES string of the molecule is CN(C)c1cccc(NC2CC3CC=CC32)c1. The molecule has 3 unspecified atom stereocenters. The summed E-state index contributed by atoms with van der Waals surface area (Å²) in [6, 6.07) is 9.31. The molecule has 1 saturated carbocycles. The van der Waals surface area contributed by atoms with E-state index < -0.39 is 0 Å². The van der Waals surface area contributed by atoms with Gasteiger partial charge >= 0.3 is 0 Å². The fraction of sp³-hybridized carbons (Fsp3) is 0.467. The summed E-state index contributed by atoms with van der Waals surface area (Å²) in [5, 5.41) is 3.67. The van der Waals surface area contributed by atoms with Gasteiger partial charge in [0.2, 0.25) is 0 Å². The van der Waals surface area contributed by atoms with E-state index in [0.29, 0.717) is 6.04 Å². The molecule has 17 heavy (non-hydrogen) atoms. The van der Waals surface area contributed by atoms with Gasteiger partial charge in [0.1, 0.15) is 0 Å². The molecule has 0 aliphatic heterocycles. The predicted octanol–water partition coefficient (Wildman–Crippen LogP) is 3.13. The lowest BCUT2D eigenvalue weighted by atomic mass is 9.71. The molecule has 90 valence electrons. The Hall–Kier alpha value is -1.44. The van der Waals surface area contributed by atoms with E-state index in [4.69, 9.17) is 0 Å². The van der Waals surface area contributed by atoms with Crippen molar-refractivity contribution in [1.82, 2.24) is 0 Å². The van der Waals surface area contributed by atoms with Crippen LogP contribution >= 0.6 is 0 Å². The van der Waals surface area contributed by atoms with Gasteiger partial charge in [-0.15, -0.1) is 0 Å². The molecule has 1 N–H and O–H groups in total. The maximum Gasteiger partial charge on any atom is 0.0381 e. The number of nitrogens with zero attached hydrogens (tertiary/aromatic N) is 1. The highest BCUT2D eigenvalue weighted by Crippen LogP contribution is 2.44. The fourth-order valence-corrected chi connectivity index (χ4v) is 2.97. The van der Waals surface area contributed by atoms with Crippen LogP contribution in [-0.4, -0.2) is 20.1 Å². The highest BCUT2D eigenvalue weighted by Gasteiger charge is 2.40. The van der Waals surface area contributed by atoms with Crippen LogP contribution in [0.3, 0.4) is 0 Å². The Kier molecular flexibility index (Phi) is 2.58. The van der Waals surface area contributed by atoms with Crippen molar-refractivity contribution < 1.29 is 0 Å². The molecular weight excluding hydrogens is 208 g/mol. The molecule has 1 fully saturated rings. The van der Waals surface area contributed by atoms with Crippen molar-refractivity contribution in [2.45, 2.75) is 18.9 Å². The molecule has 0 amide bonds. The lowest BCUT2D eigenvalue weighted by Crippen LogP contribution is -2.43. The zero-order valence-electron chi connectivity index (χ0n) is 10.6. The quantitative estimate of drug-likeness (QED) is 0.800. The van der Waals surface area contributed by atoms with E-state index in [1.165, 1.54) is 24.2 Å². The van der Waals surface area contributed by atoms with Crippen molar-refractivity contribution in [3.63, 3.8) is 0 Å². The van der Waals surface area contributed by atoms with Crippen LogP contribution in [0.2, 0.25) is 0 Å². The van der Waals surface area contributed by atoms with Crippen molar-refractivity contribution in [3.8, 4) is 0 Å². The molecule has 1 aromatic carbocycles. The van der Waals surface area contributed by atoms with Crippen LogP contribution in [0.25, 0.3) is 0 Å². The maximum atomic E-state index is 3.67. The van der Waals surface area contributed by atoms with E-state index in [1.807, 2.05) is 0 Å². The summed E-state index contributed by atoms with van der Waals surface area (Å²) in [6.07, 6.45) is 7.35. The van der Waals surface area contributed by atoms with Gasteiger partial charge in [0.15, 0.2) is 0 Å². The van der Waals surface area contributed by atoms with Gasteiger partial charge in [-0.2, -0.15) is 0 Å². The Balaban J connectivity index is 1.69. The second-order valence-electron chi connectivity index (χ2n) is 5.43. The van der Waals surface area contributed by atoms with Gasteiger partial charge in [0.05, 0.1) is 0 Å². The first-order chi connectivity index (χ1) is 8.24.